The quantitative estimate of drug-likeness (QED) is 0.347. The van der Waals surface area contributed by atoms with E-state index in [1.165, 1.54) is 13.5 Å². The molecule has 8 nitrogen and oxygen atoms in total. The predicted octanol–water partition coefficient (Wildman–Crippen LogP) is 5.53. The molecule has 204 valence electrons. The van der Waals surface area contributed by atoms with Crippen LogP contribution in [0.3, 0.4) is 0 Å². The zero-order valence-corrected chi connectivity index (χ0v) is 22.6. The zero-order chi connectivity index (χ0) is 27.6. The second-order valence-electron chi connectivity index (χ2n) is 9.11. The Kier molecular flexibility index (Phi) is 9.45. The van der Waals surface area contributed by atoms with E-state index in [0.717, 1.165) is 31.5 Å². The van der Waals surface area contributed by atoms with Gasteiger partial charge in [-0.3, -0.25) is 9.59 Å². The van der Waals surface area contributed by atoms with E-state index in [2.05, 4.69) is 5.32 Å². The number of hydrogen-bond acceptors (Lipinski definition) is 6. The number of likely N-dealkylation sites (tertiary alicyclic amines) is 1. The number of benzene rings is 3. The first-order chi connectivity index (χ1) is 19.0. The van der Waals surface area contributed by atoms with Gasteiger partial charge in [-0.15, -0.1) is 0 Å². The topological polar surface area (TPSA) is 86.3 Å². The second-order valence-corrected chi connectivity index (χ2v) is 9.11. The lowest BCUT2D eigenvalue weighted by Gasteiger charge is -2.26. The van der Waals surface area contributed by atoms with Crippen LogP contribution in [0.15, 0.2) is 60.7 Å². The summed E-state index contributed by atoms with van der Waals surface area (Å²) in [5.74, 6) is 1.98. The fraction of sp³-hybridized carbons (Fsp3) is 0.290. The van der Waals surface area contributed by atoms with Crippen molar-refractivity contribution >= 4 is 29.7 Å². The number of anilines is 1. The highest BCUT2D eigenvalue weighted by Crippen LogP contribution is 2.31. The molecule has 1 N–H and O–H groups in total. The Morgan fingerprint density at radius 1 is 0.795 bits per heavy atom. The standard InChI is InChI=1S/C31H34N2O6/c1-36-25-15-11-24(12-16-25)32-31(35)30-23(19-27(37-2)20-28(30)38-3)10-7-22-8-13-26(14-9-22)39-21-29(34)33-17-5-4-6-18-33/h7-16,19-20H,4-6,17-18,21H2,1-3H3,(H,32,35). The molecule has 3 aromatic rings. The number of rotatable bonds is 10. The molecule has 1 saturated heterocycles. The highest BCUT2D eigenvalue weighted by molar-refractivity contribution is 6.09. The van der Waals surface area contributed by atoms with Crippen LogP contribution in [0, 0.1) is 0 Å². The average Bonchev–Trinajstić information content (AvgIpc) is 2.99. The molecular formula is C31H34N2O6. The Morgan fingerprint density at radius 2 is 1.46 bits per heavy atom. The van der Waals surface area contributed by atoms with E-state index < -0.39 is 0 Å². The number of piperidine rings is 1. The lowest BCUT2D eigenvalue weighted by molar-refractivity contribution is -0.134. The molecular weight excluding hydrogens is 496 g/mol. The Morgan fingerprint density at radius 3 is 2.10 bits per heavy atom. The second kappa shape index (κ2) is 13.4. The van der Waals surface area contributed by atoms with Crippen molar-refractivity contribution < 1.29 is 28.5 Å². The van der Waals surface area contributed by atoms with Crippen molar-refractivity contribution in [3.63, 3.8) is 0 Å². The molecule has 0 saturated carbocycles. The van der Waals surface area contributed by atoms with Gasteiger partial charge in [0.1, 0.15) is 23.0 Å². The molecule has 0 bridgehead atoms. The number of nitrogens with zero attached hydrogens (tertiary/aromatic N) is 1. The van der Waals surface area contributed by atoms with Crippen LogP contribution in [0.4, 0.5) is 5.69 Å². The van der Waals surface area contributed by atoms with Crippen molar-refractivity contribution in [2.45, 2.75) is 19.3 Å². The van der Waals surface area contributed by atoms with Crippen molar-refractivity contribution in [1.29, 1.82) is 0 Å². The molecule has 1 aliphatic rings. The maximum atomic E-state index is 13.3. The van der Waals surface area contributed by atoms with Gasteiger partial charge in [0.2, 0.25) is 0 Å². The van der Waals surface area contributed by atoms with Gasteiger partial charge in [-0.05, 0) is 72.9 Å². The molecule has 1 heterocycles. The number of hydrogen-bond donors (Lipinski definition) is 1. The zero-order valence-electron chi connectivity index (χ0n) is 22.6. The summed E-state index contributed by atoms with van der Waals surface area (Å²) in [6.07, 6.45) is 7.01. The van der Waals surface area contributed by atoms with Crippen molar-refractivity contribution in [1.82, 2.24) is 4.90 Å². The molecule has 0 aromatic heterocycles. The van der Waals surface area contributed by atoms with Crippen molar-refractivity contribution in [3.8, 4) is 23.0 Å². The molecule has 0 unspecified atom stereocenters. The normalized spacial score (nSPS) is 13.2. The summed E-state index contributed by atoms with van der Waals surface area (Å²) in [5, 5.41) is 2.92. The minimum absolute atomic E-state index is 0.0195. The van der Waals surface area contributed by atoms with Crippen molar-refractivity contribution in [2.24, 2.45) is 0 Å². The summed E-state index contributed by atoms with van der Waals surface area (Å²) in [7, 11) is 4.67. The largest absolute Gasteiger partial charge is 0.497 e. The van der Waals surface area contributed by atoms with E-state index in [-0.39, 0.29) is 18.4 Å². The molecule has 1 fully saturated rings. The maximum absolute atomic E-state index is 13.3. The van der Waals surface area contributed by atoms with Crippen molar-refractivity contribution in [3.05, 3.63) is 77.4 Å². The highest BCUT2D eigenvalue weighted by Gasteiger charge is 2.19. The first-order valence-electron chi connectivity index (χ1n) is 12.9. The summed E-state index contributed by atoms with van der Waals surface area (Å²) in [5.41, 5.74) is 2.53. The lowest BCUT2D eigenvalue weighted by atomic mass is 10.0. The van der Waals surface area contributed by atoms with Crippen molar-refractivity contribution in [2.75, 3.05) is 46.3 Å². The Balaban J connectivity index is 1.49. The van der Waals surface area contributed by atoms with E-state index in [0.29, 0.717) is 39.8 Å². The summed E-state index contributed by atoms with van der Waals surface area (Å²) in [6.45, 7) is 1.65. The highest BCUT2D eigenvalue weighted by atomic mass is 16.5. The van der Waals surface area contributed by atoms with Crippen LogP contribution in [0.2, 0.25) is 0 Å². The fourth-order valence-corrected chi connectivity index (χ4v) is 4.37. The van der Waals surface area contributed by atoms with Crippen LogP contribution >= 0.6 is 0 Å². The van der Waals surface area contributed by atoms with Gasteiger partial charge in [-0.25, -0.2) is 0 Å². The molecule has 3 aromatic carbocycles. The monoisotopic (exact) mass is 530 g/mol. The molecule has 4 rings (SSSR count). The minimum atomic E-state index is -0.318. The molecule has 2 amide bonds. The van der Waals surface area contributed by atoms with Gasteiger partial charge in [0.25, 0.3) is 11.8 Å². The molecule has 39 heavy (non-hydrogen) atoms. The third-order valence-electron chi connectivity index (χ3n) is 6.54. The molecule has 0 aliphatic carbocycles. The van der Waals surface area contributed by atoms with Gasteiger partial charge in [-0.1, -0.05) is 24.3 Å². The Hall–Kier alpha value is -4.46. The SMILES string of the molecule is COc1ccc(NC(=O)c2c(C=Cc3ccc(OCC(=O)N4CCCCC4)cc3)cc(OC)cc2OC)cc1. The fourth-order valence-electron chi connectivity index (χ4n) is 4.37. The molecule has 1 aliphatic heterocycles. The molecule has 0 radical (unpaired) electrons. The molecule has 8 heteroatoms. The van der Waals surface area contributed by atoms with E-state index in [1.807, 2.05) is 41.3 Å². The number of carbonyl (C=O) groups is 2. The van der Waals surface area contributed by atoms with Gasteiger partial charge in [0, 0.05) is 24.8 Å². The third kappa shape index (κ3) is 7.31. The Bertz CT molecular complexity index is 1300. The van der Waals surface area contributed by atoms with E-state index in [4.69, 9.17) is 18.9 Å². The smallest absolute Gasteiger partial charge is 0.260 e. The van der Waals surface area contributed by atoms with Gasteiger partial charge >= 0.3 is 0 Å². The van der Waals surface area contributed by atoms with Crippen LogP contribution in [0.25, 0.3) is 12.2 Å². The van der Waals surface area contributed by atoms with Crippen LogP contribution in [-0.4, -0.2) is 57.7 Å². The van der Waals surface area contributed by atoms with Crippen LogP contribution < -0.4 is 24.3 Å². The van der Waals surface area contributed by atoms with Gasteiger partial charge < -0.3 is 29.2 Å². The molecule has 0 spiro atoms. The van der Waals surface area contributed by atoms with Gasteiger partial charge in [-0.2, -0.15) is 0 Å². The number of ether oxygens (including phenoxy) is 4. The first-order valence-corrected chi connectivity index (χ1v) is 12.9. The first kappa shape index (κ1) is 27.6. The van der Waals surface area contributed by atoms with E-state index in [1.54, 1.807) is 50.6 Å². The third-order valence-corrected chi connectivity index (χ3v) is 6.54. The summed E-state index contributed by atoms with van der Waals surface area (Å²) < 4.78 is 21.9. The summed E-state index contributed by atoms with van der Waals surface area (Å²) >= 11 is 0. The number of carbonyl (C=O) groups excluding carboxylic acids is 2. The minimum Gasteiger partial charge on any atom is -0.497 e. The molecule has 0 atom stereocenters. The van der Waals surface area contributed by atoms with Crippen LogP contribution in [-0.2, 0) is 4.79 Å². The van der Waals surface area contributed by atoms with Crippen LogP contribution in [0.5, 0.6) is 23.0 Å². The van der Waals surface area contributed by atoms with E-state index in [9.17, 15) is 9.59 Å². The summed E-state index contributed by atoms with van der Waals surface area (Å²) in [6, 6.07) is 18.0. The average molecular weight is 531 g/mol. The summed E-state index contributed by atoms with van der Waals surface area (Å²) in [4.78, 5) is 27.6. The number of amides is 2. The predicted molar refractivity (Wildman–Crippen MR) is 152 cm³/mol. The lowest BCUT2D eigenvalue weighted by Crippen LogP contribution is -2.38. The Labute approximate surface area is 229 Å². The van der Waals surface area contributed by atoms with E-state index >= 15 is 0 Å². The maximum Gasteiger partial charge on any atom is 0.260 e. The van der Waals surface area contributed by atoms with Gasteiger partial charge in [0.05, 0.1) is 26.9 Å². The van der Waals surface area contributed by atoms with Gasteiger partial charge in [0.15, 0.2) is 6.61 Å². The number of methoxy groups -OCH3 is 3. The number of nitrogens with one attached hydrogen (secondary N) is 1. The van der Waals surface area contributed by atoms with Crippen LogP contribution in [0.1, 0.15) is 40.7 Å².